The third-order valence-corrected chi connectivity index (χ3v) is 5.10. The highest BCUT2D eigenvalue weighted by atomic mass is 16.5. The largest absolute Gasteiger partial charge is 0.497 e. The van der Waals surface area contributed by atoms with Gasteiger partial charge in [-0.15, -0.1) is 0 Å². The molecule has 0 saturated carbocycles. The summed E-state index contributed by atoms with van der Waals surface area (Å²) in [6.07, 6.45) is 2.63. The molecule has 4 nitrogen and oxygen atoms in total. The van der Waals surface area contributed by atoms with Crippen molar-refractivity contribution < 1.29 is 4.74 Å². The van der Waals surface area contributed by atoms with Crippen LogP contribution in [0.4, 0.5) is 0 Å². The second kappa shape index (κ2) is 4.48. The molecule has 20 heavy (non-hydrogen) atoms. The Balaban J connectivity index is 1.58. The van der Waals surface area contributed by atoms with E-state index in [1.165, 1.54) is 25.9 Å². The van der Waals surface area contributed by atoms with Crippen LogP contribution in [-0.4, -0.2) is 49.6 Å². The normalized spacial score (nSPS) is 35.0. The molecule has 1 unspecified atom stereocenters. The van der Waals surface area contributed by atoms with E-state index < -0.39 is 0 Å². The summed E-state index contributed by atoms with van der Waals surface area (Å²) < 4.78 is 5.31. The molecule has 1 atom stereocenters. The Labute approximate surface area is 119 Å². The summed E-state index contributed by atoms with van der Waals surface area (Å²) in [5.41, 5.74) is 1.33. The molecular formula is C16H21N3O. The van der Waals surface area contributed by atoms with Gasteiger partial charge in [-0.1, -0.05) is 12.1 Å². The molecule has 1 N–H and O–H groups in total. The first-order valence-electron chi connectivity index (χ1n) is 7.48. The summed E-state index contributed by atoms with van der Waals surface area (Å²) in [4.78, 5) is 7.38. The van der Waals surface area contributed by atoms with Crippen LogP contribution in [0.15, 0.2) is 29.3 Å². The molecule has 0 radical (unpaired) electrons. The van der Waals surface area contributed by atoms with Gasteiger partial charge in [0.05, 0.1) is 19.2 Å². The monoisotopic (exact) mass is 271 g/mol. The average molecular weight is 271 g/mol. The fraction of sp³-hybridized carbons (Fsp3) is 0.562. The van der Waals surface area contributed by atoms with E-state index in [-0.39, 0.29) is 5.54 Å². The van der Waals surface area contributed by atoms with E-state index in [2.05, 4.69) is 22.3 Å². The summed E-state index contributed by atoms with van der Waals surface area (Å²) in [5.74, 6) is 2.71. The zero-order valence-corrected chi connectivity index (χ0v) is 11.9. The average Bonchev–Trinajstić information content (AvgIpc) is 2.92. The van der Waals surface area contributed by atoms with Gasteiger partial charge >= 0.3 is 0 Å². The van der Waals surface area contributed by atoms with Gasteiger partial charge in [0.1, 0.15) is 11.6 Å². The van der Waals surface area contributed by atoms with Crippen LogP contribution in [0.5, 0.6) is 5.75 Å². The molecule has 0 amide bonds. The molecule has 106 valence electrons. The Morgan fingerprint density at radius 2 is 2.20 bits per heavy atom. The number of ether oxygens (including phenoxy) is 1. The smallest absolute Gasteiger partial charge is 0.129 e. The SMILES string of the molecule is COc1cccc(C2=NCC3(CN4CCC3CC4)N2)c1. The topological polar surface area (TPSA) is 36.9 Å². The lowest BCUT2D eigenvalue weighted by Gasteiger charge is -2.51. The minimum absolute atomic E-state index is 0.189. The Bertz CT molecular complexity index is 548. The maximum atomic E-state index is 5.31. The number of hydrogen-bond donors (Lipinski definition) is 1. The quantitative estimate of drug-likeness (QED) is 0.886. The van der Waals surface area contributed by atoms with E-state index in [0.717, 1.165) is 36.2 Å². The van der Waals surface area contributed by atoms with Crippen molar-refractivity contribution in [2.75, 3.05) is 33.3 Å². The third kappa shape index (κ3) is 1.82. The highest BCUT2D eigenvalue weighted by molar-refractivity contribution is 6.00. The van der Waals surface area contributed by atoms with Crippen molar-refractivity contribution in [2.24, 2.45) is 10.9 Å². The predicted molar refractivity (Wildman–Crippen MR) is 79.4 cm³/mol. The second-order valence-electron chi connectivity index (χ2n) is 6.23. The number of methoxy groups -OCH3 is 1. The number of fused-ring (bicyclic) bond motifs is 2. The van der Waals surface area contributed by atoms with Crippen LogP contribution in [0.1, 0.15) is 18.4 Å². The highest BCUT2D eigenvalue weighted by Crippen LogP contribution is 2.38. The van der Waals surface area contributed by atoms with E-state index in [4.69, 9.17) is 9.73 Å². The van der Waals surface area contributed by atoms with Crippen LogP contribution in [0, 0.1) is 5.92 Å². The summed E-state index contributed by atoms with van der Waals surface area (Å²) in [6.45, 7) is 4.60. The molecule has 4 aliphatic heterocycles. The summed E-state index contributed by atoms with van der Waals surface area (Å²) >= 11 is 0. The molecule has 4 heterocycles. The molecule has 4 aliphatic rings. The fourth-order valence-corrected chi connectivity index (χ4v) is 3.96. The van der Waals surface area contributed by atoms with Crippen LogP contribution in [0.3, 0.4) is 0 Å². The van der Waals surface area contributed by atoms with Gasteiger partial charge in [0.2, 0.25) is 0 Å². The predicted octanol–water partition coefficient (Wildman–Crippen LogP) is 1.51. The standard InChI is InChI=1S/C16H21N3O/c1-20-14-4-2-3-12(9-14)15-17-10-16(18-15)11-19-7-5-13(16)6-8-19/h2-4,9,13H,5-8,10-11H2,1H3,(H,17,18). The van der Waals surface area contributed by atoms with Crippen LogP contribution >= 0.6 is 0 Å². The summed E-state index contributed by atoms with van der Waals surface area (Å²) in [7, 11) is 1.71. The Hall–Kier alpha value is -1.55. The number of rotatable bonds is 2. The van der Waals surface area contributed by atoms with E-state index >= 15 is 0 Å². The Morgan fingerprint density at radius 1 is 1.35 bits per heavy atom. The van der Waals surface area contributed by atoms with Gasteiger partial charge in [-0.05, 0) is 44.0 Å². The lowest BCUT2D eigenvalue weighted by molar-refractivity contribution is 0.0270. The summed E-state index contributed by atoms with van der Waals surface area (Å²) in [6, 6.07) is 8.17. The first kappa shape index (κ1) is 12.2. The fourth-order valence-electron chi connectivity index (χ4n) is 3.96. The third-order valence-electron chi connectivity index (χ3n) is 5.10. The van der Waals surface area contributed by atoms with Gasteiger partial charge in [0.15, 0.2) is 0 Å². The molecule has 0 aromatic heterocycles. The van der Waals surface area contributed by atoms with Gasteiger partial charge < -0.3 is 15.0 Å². The number of aliphatic imine (C=N–C) groups is 1. The maximum Gasteiger partial charge on any atom is 0.129 e. The van der Waals surface area contributed by atoms with E-state index in [1.54, 1.807) is 7.11 Å². The van der Waals surface area contributed by atoms with Gasteiger partial charge in [0.25, 0.3) is 0 Å². The molecule has 0 aliphatic carbocycles. The number of amidine groups is 1. The van der Waals surface area contributed by atoms with Crippen molar-refractivity contribution >= 4 is 5.84 Å². The molecule has 1 aromatic rings. The second-order valence-corrected chi connectivity index (χ2v) is 6.23. The number of piperidine rings is 3. The van der Waals surface area contributed by atoms with Crippen LogP contribution in [0.25, 0.3) is 0 Å². The van der Waals surface area contributed by atoms with Crippen LogP contribution in [-0.2, 0) is 0 Å². The number of hydrogen-bond acceptors (Lipinski definition) is 4. The number of nitrogens with one attached hydrogen (secondary N) is 1. The van der Waals surface area contributed by atoms with Crippen molar-refractivity contribution in [1.29, 1.82) is 0 Å². The molecule has 3 saturated heterocycles. The minimum atomic E-state index is 0.189. The highest BCUT2D eigenvalue weighted by Gasteiger charge is 2.49. The number of benzene rings is 1. The molecule has 2 bridgehead atoms. The maximum absolute atomic E-state index is 5.31. The van der Waals surface area contributed by atoms with E-state index in [0.29, 0.717) is 0 Å². The van der Waals surface area contributed by atoms with Crippen molar-refractivity contribution in [1.82, 2.24) is 10.2 Å². The molecule has 5 rings (SSSR count). The van der Waals surface area contributed by atoms with Gasteiger partial charge in [-0.3, -0.25) is 4.99 Å². The zero-order chi connectivity index (χ0) is 13.6. The minimum Gasteiger partial charge on any atom is -0.497 e. The lowest BCUT2D eigenvalue weighted by atomic mass is 9.73. The Morgan fingerprint density at radius 3 is 2.90 bits per heavy atom. The zero-order valence-electron chi connectivity index (χ0n) is 11.9. The van der Waals surface area contributed by atoms with E-state index in [1.807, 2.05) is 12.1 Å². The van der Waals surface area contributed by atoms with Crippen molar-refractivity contribution in [3.05, 3.63) is 29.8 Å². The van der Waals surface area contributed by atoms with Crippen molar-refractivity contribution in [2.45, 2.75) is 18.4 Å². The van der Waals surface area contributed by atoms with Crippen LogP contribution in [0.2, 0.25) is 0 Å². The molecular weight excluding hydrogens is 250 g/mol. The first-order valence-corrected chi connectivity index (χ1v) is 7.48. The summed E-state index contributed by atoms with van der Waals surface area (Å²) in [5, 5.41) is 3.76. The molecule has 1 aromatic carbocycles. The van der Waals surface area contributed by atoms with Gasteiger partial charge in [-0.25, -0.2) is 0 Å². The molecule has 3 fully saturated rings. The molecule has 1 spiro atoms. The van der Waals surface area contributed by atoms with E-state index in [9.17, 15) is 0 Å². The Kier molecular flexibility index (Phi) is 2.74. The first-order chi connectivity index (χ1) is 9.79. The van der Waals surface area contributed by atoms with Crippen molar-refractivity contribution in [3.8, 4) is 5.75 Å². The van der Waals surface area contributed by atoms with Gasteiger partial charge in [0, 0.05) is 12.1 Å². The van der Waals surface area contributed by atoms with Gasteiger partial charge in [-0.2, -0.15) is 0 Å². The number of nitrogens with zero attached hydrogens (tertiary/aromatic N) is 2. The molecule has 4 heteroatoms. The van der Waals surface area contributed by atoms with Crippen LogP contribution < -0.4 is 10.1 Å². The van der Waals surface area contributed by atoms with Crippen molar-refractivity contribution in [3.63, 3.8) is 0 Å². The lowest BCUT2D eigenvalue weighted by Crippen LogP contribution is -2.66.